The highest BCUT2D eigenvalue weighted by Crippen LogP contribution is 2.36. The maximum atomic E-state index is 13.4. The zero-order chi connectivity index (χ0) is 25.7. The molecule has 10 nitrogen and oxygen atoms in total. The molecular formula is C27H26N6O4. The van der Waals surface area contributed by atoms with Crippen LogP contribution in [0.4, 0.5) is 0 Å². The molecule has 1 N–H and O–H groups in total. The van der Waals surface area contributed by atoms with E-state index in [0.717, 1.165) is 18.4 Å². The van der Waals surface area contributed by atoms with E-state index in [-0.39, 0.29) is 42.4 Å². The van der Waals surface area contributed by atoms with E-state index in [1.807, 2.05) is 30.0 Å². The first-order chi connectivity index (χ1) is 17.9. The molecule has 0 bridgehead atoms. The molecule has 2 aliphatic heterocycles. The number of carbonyl (C=O) groups is 4. The average Bonchev–Trinajstić information content (AvgIpc) is 3.63. The second kappa shape index (κ2) is 8.95. The van der Waals surface area contributed by atoms with Crippen LogP contribution in [0.2, 0.25) is 0 Å². The van der Waals surface area contributed by atoms with E-state index in [4.69, 9.17) is 0 Å². The molecule has 2 aromatic carbocycles. The van der Waals surface area contributed by atoms with Gasteiger partial charge in [-0.05, 0) is 61.1 Å². The SMILES string of the molecule is CCN(C(=O)c1cn(-c2ccc3c(c2)CN(C2CCC(=O)NC2=O)C3=O)nn1)C1CCc2ccccc21. The fraction of sp³-hybridized carbons (Fsp3) is 0.333. The second-order valence-electron chi connectivity index (χ2n) is 9.63. The van der Waals surface area contributed by atoms with Crippen molar-refractivity contribution >= 4 is 23.6 Å². The van der Waals surface area contributed by atoms with Gasteiger partial charge in [0.15, 0.2) is 5.69 Å². The molecule has 1 aliphatic carbocycles. The van der Waals surface area contributed by atoms with Crippen molar-refractivity contribution in [2.24, 2.45) is 0 Å². The first-order valence-electron chi connectivity index (χ1n) is 12.5. The molecule has 6 rings (SSSR count). The smallest absolute Gasteiger partial charge is 0.276 e. The molecule has 188 valence electrons. The lowest BCUT2D eigenvalue weighted by Gasteiger charge is -2.29. The molecule has 2 atom stereocenters. The molecule has 37 heavy (non-hydrogen) atoms. The van der Waals surface area contributed by atoms with Gasteiger partial charge >= 0.3 is 0 Å². The minimum absolute atomic E-state index is 0.0168. The summed E-state index contributed by atoms with van der Waals surface area (Å²) in [5, 5.41) is 10.7. The van der Waals surface area contributed by atoms with Crippen molar-refractivity contribution in [3.8, 4) is 5.69 Å². The zero-order valence-corrected chi connectivity index (χ0v) is 20.4. The third kappa shape index (κ3) is 3.89. The standard InChI is InChI=1S/C27H26N6O4/c1-2-31(22-10-7-16-5-3-4-6-19(16)22)27(37)21-15-33(30-29-21)18-8-9-20-17(13-18)14-32(26(20)36)23-11-12-24(34)28-25(23)35/h3-6,8-9,13,15,22-23H,2,7,10-12,14H2,1H3,(H,28,34,35). The Hall–Kier alpha value is -4.34. The average molecular weight is 499 g/mol. The highest BCUT2D eigenvalue weighted by molar-refractivity contribution is 6.05. The predicted molar refractivity (Wildman–Crippen MR) is 132 cm³/mol. The number of imide groups is 1. The van der Waals surface area contributed by atoms with Gasteiger partial charge in [0.25, 0.3) is 11.8 Å². The van der Waals surface area contributed by atoms with Crippen LogP contribution in [0.25, 0.3) is 5.69 Å². The van der Waals surface area contributed by atoms with E-state index in [1.165, 1.54) is 20.7 Å². The number of hydrogen-bond acceptors (Lipinski definition) is 6. The van der Waals surface area contributed by atoms with E-state index in [0.29, 0.717) is 24.2 Å². The molecule has 4 amide bonds. The monoisotopic (exact) mass is 498 g/mol. The Bertz CT molecular complexity index is 1450. The molecule has 0 saturated carbocycles. The lowest BCUT2D eigenvalue weighted by molar-refractivity contribution is -0.136. The van der Waals surface area contributed by atoms with Crippen molar-refractivity contribution in [2.75, 3.05) is 6.54 Å². The van der Waals surface area contributed by atoms with Crippen LogP contribution in [-0.4, -0.2) is 61.0 Å². The fourth-order valence-corrected chi connectivity index (χ4v) is 5.70. The Kier molecular flexibility index (Phi) is 5.58. The highest BCUT2D eigenvalue weighted by atomic mass is 16.2. The Balaban J connectivity index is 1.22. The maximum absolute atomic E-state index is 13.4. The quantitative estimate of drug-likeness (QED) is 0.539. The number of nitrogens with zero attached hydrogens (tertiary/aromatic N) is 5. The number of piperidine rings is 1. The minimum atomic E-state index is -0.669. The van der Waals surface area contributed by atoms with Gasteiger partial charge in [-0.15, -0.1) is 5.10 Å². The largest absolute Gasteiger partial charge is 0.330 e. The summed E-state index contributed by atoms with van der Waals surface area (Å²) < 4.78 is 1.53. The van der Waals surface area contributed by atoms with E-state index in [9.17, 15) is 19.2 Å². The number of nitrogens with one attached hydrogen (secondary N) is 1. The molecule has 1 saturated heterocycles. The molecule has 0 spiro atoms. The summed E-state index contributed by atoms with van der Waals surface area (Å²) in [5.41, 5.74) is 4.66. The predicted octanol–water partition coefficient (Wildman–Crippen LogP) is 2.18. The molecular weight excluding hydrogens is 472 g/mol. The Morgan fingerprint density at radius 2 is 1.92 bits per heavy atom. The molecule has 3 heterocycles. The number of fused-ring (bicyclic) bond motifs is 2. The minimum Gasteiger partial charge on any atom is -0.330 e. The van der Waals surface area contributed by atoms with Crippen molar-refractivity contribution < 1.29 is 19.2 Å². The number of rotatable bonds is 5. The van der Waals surface area contributed by atoms with Gasteiger partial charge in [-0.1, -0.05) is 29.5 Å². The van der Waals surface area contributed by atoms with Gasteiger partial charge in [0.2, 0.25) is 11.8 Å². The van der Waals surface area contributed by atoms with Crippen LogP contribution in [0.5, 0.6) is 0 Å². The van der Waals surface area contributed by atoms with E-state index in [2.05, 4.69) is 27.8 Å². The zero-order valence-electron chi connectivity index (χ0n) is 20.4. The second-order valence-corrected chi connectivity index (χ2v) is 9.63. The number of benzene rings is 2. The molecule has 3 aliphatic rings. The molecule has 2 unspecified atom stereocenters. The molecule has 3 aromatic rings. The highest BCUT2D eigenvalue weighted by Gasteiger charge is 2.39. The summed E-state index contributed by atoms with van der Waals surface area (Å²) in [6.45, 7) is 2.79. The van der Waals surface area contributed by atoms with Gasteiger partial charge < -0.3 is 9.80 Å². The van der Waals surface area contributed by atoms with Crippen molar-refractivity contribution in [3.05, 3.63) is 76.6 Å². The number of aryl methyl sites for hydroxylation is 1. The lowest BCUT2D eigenvalue weighted by Crippen LogP contribution is -2.52. The number of aromatic nitrogens is 3. The number of amides is 4. The van der Waals surface area contributed by atoms with Gasteiger partial charge in [0, 0.05) is 25.1 Å². The normalized spacial score (nSPS) is 20.6. The Morgan fingerprint density at radius 1 is 1.08 bits per heavy atom. The molecule has 0 radical (unpaired) electrons. The summed E-state index contributed by atoms with van der Waals surface area (Å²) in [7, 11) is 0. The lowest BCUT2D eigenvalue weighted by atomic mass is 10.0. The van der Waals surface area contributed by atoms with Crippen LogP contribution in [0, 0.1) is 0 Å². The van der Waals surface area contributed by atoms with Gasteiger partial charge in [-0.3, -0.25) is 24.5 Å². The Morgan fingerprint density at radius 3 is 2.73 bits per heavy atom. The van der Waals surface area contributed by atoms with E-state index in [1.54, 1.807) is 18.3 Å². The first kappa shape index (κ1) is 23.1. The van der Waals surface area contributed by atoms with Crippen LogP contribution in [0.15, 0.2) is 48.7 Å². The topological polar surface area (TPSA) is 118 Å². The van der Waals surface area contributed by atoms with E-state index < -0.39 is 11.9 Å². The summed E-state index contributed by atoms with van der Waals surface area (Å²) in [5.74, 6) is -1.16. The van der Waals surface area contributed by atoms with Crippen LogP contribution < -0.4 is 5.32 Å². The fourth-order valence-electron chi connectivity index (χ4n) is 5.70. The van der Waals surface area contributed by atoms with Crippen LogP contribution in [0.3, 0.4) is 0 Å². The third-order valence-electron chi connectivity index (χ3n) is 7.56. The summed E-state index contributed by atoms with van der Waals surface area (Å²) in [6, 6.07) is 12.9. The van der Waals surface area contributed by atoms with Gasteiger partial charge in [-0.2, -0.15) is 0 Å². The van der Waals surface area contributed by atoms with Crippen LogP contribution >= 0.6 is 0 Å². The molecule has 10 heteroatoms. The summed E-state index contributed by atoms with van der Waals surface area (Å²) >= 11 is 0. The summed E-state index contributed by atoms with van der Waals surface area (Å²) in [6.07, 6.45) is 3.96. The van der Waals surface area contributed by atoms with Gasteiger partial charge in [-0.25, -0.2) is 4.68 Å². The molecule has 1 fully saturated rings. The maximum Gasteiger partial charge on any atom is 0.276 e. The van der Waals surface area contributed by atoms with Crippen molar-refractivity contribution in [1.82, 2.24) is 30.1 Å². The van der Waals surface area contributed by atoms with Crippen LogP contribution in [-0.2, 0) is 22.6 Å². The summed E-state index contributed by atoms with van der Waals surface area (Å²) in [4.78, 5) is 53.5. The third-order valence-corrected chi connectivity index (χ3v) is 7.56. The van der Waals surface area contributed by atoms with Gasteiger partial charge in [0.1, 0.15) is 6.04 Å². The van der Waals surface area contributed by atoms with Crippen molar-refractivity contribution in [1.29, 1.82) is 0 Å². The number of hydrogen-bond donors (Lipinski definition) is 1. The van der Waals surface area contributed by atoms with Crippen molar-refractivity contribution in [3.63, 3.8) is 0 Å². The Labute approximate surface area is 213 Å². The van der Waals surface area contributed by atoms with E-state index >= 15 is 0 Å². The molecule has 1 aromatic heterocycles. The van der Waals surface area contributed by atoms with Crippen molar-refractivity contribution in [2.45, 2.75) is 51.2 Å². The first-order valence-corrected chi connectivity index (χ1v) is 12.5. The number of carbonyl (C=O) groups excluding carboxylic acids is 4. The van der Waals surface area contributed by atoms with Gasteiger partial charge in [0.05, 0.1) is 17.9 Å². The van der Waals surface area contributed by atoms with Crippen LogP contribution in [0.1, 0.15) is 69.8 Å².